The molecule has 0 amide bonds. The zero-order chi connectivity index (χ0) is 20.2. The molecule has 0 aliphatic rings. The summed E-state index contributed by atoms with van der Waals surface area (Å²) in [7, 11) is -1.69. The summed E-state index contributed by atoms with van der Waals surface area (Å²) in [6.07, 6.45) is -0.0828. The molecule has 0 unspecified atom stereocenters. The Hall–Kier alpha value is -1.35. The zero-order valence-electron chi connectivity index (χ0n) is 15.2. The van der Waals surface area contributed by atoms with Gasteiger partial charge < -0.3 is 0 Å². The fraction of sp³-hybridized carbons (Fsp3) is 0.556. The third-order valence-electron chi connectivity index (χ3n) is 4.06. The molecule has 142 valence electrons. The van der Waals surface area contributed by atoms with Gasteiger partial charge in [0, 0.05) is 10.0 Å². The van der Waals surface area contributed by atoms with Crippen LogP contribution in [0.1, 0.15) is 46.1 Å². The average Bonchev–Trinajstić information content (AvgIpc) is 2.59. The number of hydrogen-bond acceptors (Lipinski definition) is 3. The van der Waals surface area contributed by atoms with Crippen molar-refractivity contribution in [3.05, 3.63) is 34.1 Å². The summed E-state index contributed by atoms with van der Waals surface area (Å²) in [6.45, 7) is 5.53. The van der Waals surface area contributed by atoms with Gasteiger partial charge >= 0.3 is 0 Å². The molecule has 0 bridgehead atoms. The first kappa shape index (κ1) is 22.7. The molecule has 1 aromatic rings. The maximum absolute atomic E-state index is 14.5. The van der Waals surface area contributed by atoms with Crippen LogP contribution in [0.25, 0.3) is 0 Å². The molecule has 4 nitrogen and oxygen atoms in total. The van der Waals surface area contributed by atoms with E-state index >= 15 is 0 Å². The quantitative estimate of drug-likeness (QED) is 0.663. The van der Waals surface area contributed by atoms with E-state index in [4.69, 9.17) is 0 Å². The second-order valence-corrected chi connectivity index (χ2v) is 10.3. The largest absolute Gasteiger partial charge is 0.249 e. The highest BCUT2D eigenvalue weighted by atomic mass is 79.9. The highest BCUT2D eigenvalue weighted by Gasteiger charge is 2.41. The van der Waals surface area contributed by atoms with E-state index in [1.165, 1.54) is 25.1 Å². The lowest BCUT2D eigenvalue weighted by atomic mass is 9.80. The van der Waals surface area contributed by atoms with Gasteiger partial charge in [-0.25, -0.2) is 17.7 Å². The van der Waals surface area contributed by atoms with Gasteiger partial charge in [0.05, 0.1) is 33.4 Å². The Morgan fingerprint density at radius 1 is 1.19 bits per heavy atom. The Bertz CT molecular complexity index is 753. The highest BCUT2D eigenvalue weighted by molar-refractivity contribution is 9.10. The van der Waals surface area contributed by atoms with Crippen molar-refractivity contribution in [2.75, 3.05) is 6.67 Å². The Kier molecular flexibility index (Phi) is 7.47. The molecule has 1 rings (SSSR count). The van der Waals surface area contributed by atoms with Gasteiger partial charge in [0.25, 0.3) is 0 Å². The van der Waals surface area contributed by atoms with Crippen LogP contribution in [0.3, 0.4) is 0 Å². The van der Waals surface area contributed by atoms with Crippen LogP contribution in [-0.4, -0.2) is 15.6 Å². The van der Waals surface area contributed by atoms with Gasteiger partial charge in [0.1, 0.15) is 17.9 Å². The maximum Gasteiger partial charge on any atom is 0.141 e. The molecule has 0 saturated heterocycles. The average molecular weight is 446 g/mol. The van der Waals surface area contributed by atoms with Crippen molar-refractivity contribution >= 4 is 26.9 Å². The summed E-state index contributed by atoms with van der Waals surface area (Å²) in [5.41, 5.74) is -2.97. The highest BCUT2D eigenvalue weighted by Crippen LogP contribution is 2.36. The fourth-order valence-electron chi connectivity index (χ4n) is 2.20. The van der Waals surface area contributed by atoms with Crippen molar-refractivity contribution in [1.29, 1.82) is 10.5 Å². The molecule has 0 fully saturated rings. The molecule has 0 aliphatic heterocycles. The van der Waals surface area contributed by atoms with Crippen molar-refractivity contribution in [2.24, 2.45) is 5.41 Å². The van der Waals surface area contributed by atoms with E-state index in [1.807, 2.05) is 12.1 Å². The Balaban J connectivity index is 3.44. The lowest BCUT2D eigenvalue weighted by Crippen LogP contribution is -2.50. The molecule has 0 saturated carbocycles. The van der Waals surface area contributed by atoms with Gasteiger partial charge in [0.2, 0.25) is 0 Å². The number of nitrogens with zero attached hydrogens (tertiary/aromatic N) is 2. The number of nitriles is 2. The lowest BCUT2D eigenvalue weighted by Gasteiger charge is -2.36. The van der Waals surface area contributed by atoms with Gasteiger partial charge in [-0.15, -0.1) is 0 Å². The van der Waals surface area contributed by atoms with Crippen LogP contribution < -0.4 is 4.72 Å². The minimum absolute atomic E-state index is 0.00482. The van der Waals surface area contributed by atoms with Gasteiger partial charge in [-0.3, -0.25) is 0 Å². The van der Waals surface area contributed by atoms with Crippen LogP contribution in [0.5, 0.6) is 0 Å². The number of rotatable bonds is 7. The number of hydrogen-bond donors (Lipinski definition) is 1. The minimum Gasteiger partial charge on any atom is -0.249 e. The molecule has 1 aromatic carbocycles. The smallest absolute Gasteiger partial charge is 0.141 e. The molecule has 2 atom stereocenters. The first-order valence-corrected chi connectivity index (χ1v) is 9.91. The minimum atomic E-state index is -1.69. The van der Waals surface area contributed by atoms with Crippen LogP contribution in [0, 0.1) is 33.9 Å². The third kappa shape index (κ3) is 5.33. The summed E-state index contributed by atoms with van der Waals surface area (Å²) < 4.78 is 44.0. The van der Waals surface area contributed by atoms with E-state index in [9.17, 15) is 23.5 Å². The van der Waals surface area contributed by atoms with Crippen molar-refractivity contribution in [3.63, 3.8) is 0 Å². The van der Waals surface area contributed by atoms with E-state index in [1.54, 1.807) is 20.8 Å². The Morgan fingerprint density at radius 3 is 2.23 bits per heavy atom. The molecule has 26 heavy (non-hydrogen) atoms. The second-order valence-electron chi connectivity index (χ2n) is 7.38. The third-order valence-corrected chi connectivity index (χ3v) is 6.24. The monoisotopic (exact) mass is 445 g/mol. The molecular formula is C18H22BrF2N3OS. The van der Waals surface area contributed by atoms with Crippen LogP contribution in [-0.2, 0) is 16.5 Å². The second kappa shape index (κ2) is 8.56. The summed E-state index contributed by atoms with van der Waals surface area (Å²) in [4.78, 5) is 0. The Morgan fingerprint density at radius 2 is 1.77 bits per heavy atom. The summed E-state index contributed by atoms with van der Waals surface area (Å²) >= 11 is 3.24. The molecule has 8 heteroatoms. The van der Waals surface area contributed by atoms with Gasteiger partial charge in [-0.1, -0.05) is 15.9 Å². The normalized spacial score (nSPS) is 15.6. The van der Waals surface area contributed by atoms with Crippen LogP contribution >= 0.6 is 15.9 Å². The molecule has 1 N–H and O–H groups in total. The van der Waals surface area contributed by atoms with Crippen molar-refractivity contribution in [3.8, 4) is 12.1 Å². The first-order chi connectivity index (χ1) is 11.9. The Labute approximate surface area is 164 Å². The molecule has 0 spiro atoms. The molecule has 0 aromatic heterocycles. The van der Waals surface area contributed by atoms with Crippen LogP contribution in [0.2, 0.25) is 0 Å². The molecular weight excluding hydrogens is 424 g/mol. The van der Waals surface area contributed by atoms with Crippen molar-refractivity contribution in [1.82, 2.24) is 4.72 Å². The molecule has 0 heterocycles. The van der Waals surface area contributed by atoms with Crippen molar-refractivity contribution in [2.45, 2.75) is 50.8 Å². The predicted octanol–water partition coefficient (Wildman–Crippen LogP) is 4.64. The number of nitrogens with one attached hydrogen (secondary N) is 1. The topological polar surface area (TPSA) is 76.7 Å². The summed E-state index contributed by atoms with van der Waals surface area (Å²) in [5, 5.41) is 18.4. The predicted molar refractivity (Wildman–Crippen MR) is 101 cm³/mol. The summed E-state index contributed by atoms with van der Waals surface area (Å²) in [6, 6.07) is 7.90. The van der Waals surface area contributed by atoms with E-state index in [2.05, 4.69) is 20.7 Å². The SMILES string of the molecule is CC(C#N)(C#N)CC[C@](CF)(N[S@](=O)C(C)(C)C)c1cc(Br)ccc1F. The number of halogens is 3. The molecule has 0 aliphatic carbocycles. The van der Waals surface area contributed by atoms with E-state index in [0.29, 0.717) is 4.47 Å². The molecule has 0 radical (unpaired) electrons. The van der Waals surface area contributed by atoms with Gasteiger partial charge in [-0.2, -0.15) is 10.5 Å². The lowest BCUT2D eigenvalue weighted by molar-refractivity contribution is 0.242. The fourth-order valence-corrected chi connectivity index (χ4v) is 3.49. The van der Waals surface area contributed by atoms with Crippen LogP contribution in [0.4, 0.5) is 8.78 Å². The van der Waals surface area contributed by atoms with E-state index < -0.39 is 39.2 Å². The zero-order valence-corrected chi connectivity index (χ0v) is 17.6. The van der Waals surface area contributed by atoms with Crippen LogP contribution in [0.15, 0.2) is 22.7 Å². The standard InChI is InChI=1S/C18H22BrF2N3OS/c1-16(2,3)26(25)24-18(10-20,8-7-17(4,11-22)12-23)14-9-13(19)5-6-15(14)21/h5-6,9,24H,7-8,10H2,1-4H3/t18-,26-/m1/s1. The summed E-state index contributed by atoms with van der Waals surface area (Å²) in [5.74, 6) is -0.653. The van der Waals surface area contributed by atoms with E-state index in [-0.39, 0.29) is 18.4 Å². The van der Waals surface area contributed by atoms with Gasteiger partial charge in [0.15, 0.2) is 0 Å². The number of benzene rings is 1. The van der Waals surface area contributed by atoms with Crippen molar-refractivity contribution < 1.29 is 13.0 Å². The van der Waals surface area contributed by atoms with Gasteiger partial charge in [-0.05, 0) is 58.7 Å². The first-order valence-electron chi connectivity index (χ1n) is 7.97. The number of alkyl halides is 1. The maximum atomic E-state index is 14.5. The van der Waals surface area contributed by atoms with E-state index in [0.717, 1.165) is 0 Å².